The van der Waals surface area contributed by atoms with E-state index in [-0.39, 0.29) is 10.7 Å². The number of piperidine rings is 1. The van der Waals surface area contributed by atoms with Crippen molar-refractivity contribution in [1.29, 1.82) is 0 Å². The molecule has 0 aromatic carbocycles. The van der Waals surface area contributed by atoms with Gasteiger partial charge in [-0.3, -0.25) is 0 Å². The number of nitrogens with zero attached hydrogens (tertiary/aromatic N) is 2. The average molecular weight is 295 g/mol. The monoisotopic (exact) mass is 294 g/mol. The number of anilines is 1. The van der Waals surface area contributed by atoms with Gasteiger partial charge in [0.05, 0.1) is 5.02 Å². The highest BCUT2D eigenvalue weighted by molar-refractivity contribution is 6.33. The minimum Gasteiger partial charge on any atom is -0.476 e. The standard InChI is InChI=1S/C15H19ClN2O2/c16-11-7-8-13(17-14(11)15(19)20)18-9-3-5-10-4-1-2-6-12(10)18/h7-8,10,12H,1-6,9H2,(H,19,20)/t10-,12-/m1/s1. The number of hydrogen-bond acceptors (Lipinski definition) is 3. The maximum absolute atomic E-state index is 11.2. The minimum absolute atomic E-state index is 0.0397. The van der Waals surface area contributed by atoms with E-state index < -0.39 is 5.97 Å². The molecule has 0 unspecified atom stereocenters. The predicted molar refractivity (Wildman–Crippen MR) is 78.5 cm³/mol. The Labute approximate surface area is 123 Å². The van der Waals surface area contributed by atoms with Crippen LogP contribution in [-0.4, -0.2) is 28.6 Å². The first-order chi connectivity index (χ1) is 9.66. The molecular weight excluding hydrogens is 276 g/mol. The molecule has 2 aliphatic rings. The van der Waals surface area contributed by atoms with Gasteiger partial charge >= 0.3 is 5.97 Å². The average Bonchev–Trinajstić information content (AvgIpc) is 2.47. The Balaban J connectivity index is 1.91. The summed E-state index contributed by atoms with van der Waals surface area (Å²) in [6.45, 7) is 0.967. The van der Waals surface area contributed by atoms with Crippen molar-refractivity contribution < 1.29 is 9.90 Å². The van der Waals surface area contributed by atoms with Gasteiger partial charge in [-0.25, -0.2) is 9.78 Å². The zero-order chi connectivity index (χ0) is 14.1. The summed E-state index contributed by atoms with van der Waals surface area (Å²) in [7, 11) is 0. The van der Waals surface area contributed by atoms with Crippen molar-refractivity contribution >= 4 is 23.4 Å². The minimum atomic E-state index is -1.06. The molecule has 0 radical (unpaired) electrons. The quantitative estimate of drug-likeness (QED) is 0.905. The van der Waals surface area contributed by atoms with Crippen LogP contribution < -0.4 is 4.90 Å². The van der Waals surface area contributed by atoms with E-state index >= 15 is 0 Å². The van der Waals surface area contributed by atoms with Crippen molar-refractivity contribution in [3.63, 3.8) is 0 Å². The van der Waals surface area contributed by atoms with E-state index in [9.17, 15) is 4.79 Å². The molecule has 1 aromatic heterocycles. The van der Waals surface area contributed by atoms with E-state index in [2.05, 4.69) is 9.88 Å². The number of carbonyl (C=O) groups is 1. The van der Waals surface area contributed by atoms with Gasteiger partial charge in [0, 0.05) is 12.6 Å². The summed E-state index contributed by atoms with van der Waals surface area (Å²) in [5, 5.41) is 9.36. The van der Waals surface area contributed by atoms with Gasteiger partial charge in [-0.15, -0.1) is 0 Å². The summed E-state index contributed by atoms with van der Waals surface area (Å²) in [6.07, 6.45) is 7.52. The third-order valence-corrected chi connectivity index (χ3v) is 4.88. The van der Waals surface area contributed by atoms with Crippen molar-refractivity contribution in [3.8, 4) is 0 Å². The topological polar surface area (TPSA) is 53.4 Å². The van der Waals surface area contributed by atoms with E-state index in [1.54, 1.807) is 6.07 Å². The first-order valence-corrected chi connectivity index (χ1v) is 7.71. The van der Waals surface area contributed by atoms with Crippen molar-refractivity contribution in [1.82, 2.24) is 4.98 Å². The third kappa shape index (κ3) is 2.49. The van der Waals surface area contributed by atoms with Gasteiger partial charge in [0.2, 0.25) is 0 Å². The van der Waals surface area contributed by atoms with Gasteiger partial charge in [0.1, 0.15) is 5.82 Å². The second-order valence-corrected chi connectivity index (χ2v) is 6.16. The summed E-state index contributed by atoms with van der Waals surface area (Å²) in [5.74, 6) is 0.445. The van der Waals surface area contributed by atoms with E-state index in [4.69, 9.17) is 16.7 Å². The Morgan fingerprint density at radius 2 is 2.00 bits per heavy atom. The van der Waals surface area contributed by atoms with Gasteiger partial charge in [-0.1, -0.05) is 24.4 Å². The highest BCUT2D eigenvalue weighted by atomic mass is 35.5. The van der Waals surface area contributed by atoms with Crippen LogP contribution in [0.2, 0.25) is 5.02 Å². The molecule has 2 heterocycles. The molecule has 1 aliphatic heterocycles. The van der Waals surface area contributed by atoms with Crippen LogP contribution in [0, 0.1) is 5.92 Å². The van der Waals surface area contributed by atoms with Crippen molar-refractivity contribution in [2.75, 3.05) is 11.4 Å². The van der Waals surface area contributed by atoms with E-state index in [0.29, 0.717) is 6.04 Å². The first-order valence-electron chi connectivity index (χ1n) is 7.33. The number of aromatic nitrogens is 1. The lowest BCUT2D eigenvalue weighted by atomic mass is 9.78. The van der Waals surface area contributed by atoms with Crippen LogP contribution in [0.3, 0.4) is 0 Å². The summed E-state index contributed by atoms with van der Waals surface area (Å²) in [4.78, 5) is 17.8. The summed E-state index contributed by atoms with van der Waals surface area (Å²) < 4.78 is 0. The molecule has 2 atom stereocenters. The number of fused-ring (bicyclic) bond motifs is 1. The third-order valence-electron chi connectivity index (χ3n) is 4.57. The summed E-state index contributed by atoms with van der Waals surface area (Å²) in [5.41, 5.74) is -0.0397. The van der Waals surface area contributed by atoms with Crippen LogP contribution in [0.4, 0.5) is 5.82 Å². The van der Waals surface area contributed by atoms with Crippen LogP contribution in [0.5, 0.6) is 0 Å². The van der Waals surface area contributed by atoms with Gasteiger partial charge in [0.15, 0.2) is 5.69 Å². The molecule has 0 spiro atoms. The number of pyridine rings is 1. The maximum atomic E-state index is 11.2. The lowest BCUT2D eigenvalue weighted by Crippen LogP contribution is -2.47. The van der Waals surface area contributed by atoms with Crippen LogP contribution >= 0.6 is 11.6 Å². The first kappa shape index (κ1) is 13.7. The molecule has 1 N–H and O–H groups in total. The fourth-order valence-corrected chi connectivity index (χ4v) is 3.84. The van der Waals surface area contributed by atoms with Crippen molar-refractivity contribution in [2.45, 2.75) is 44.6 Å². The number of aromatic carboxylic acids is 1. The molecule has 4 nitrogen and oxygen atoms in total. The molecular formula is C15H19ClN2O2. The number of halogens is 1. The van der Waals surface area contributed by atoms with Crippen molar-refractivity contribution in [2.24, 2.45) is 5.92 Å². The Bertz CT molecular complexity index is 519. The molecule has 1 saturated carbocycles. The van der Waals surface area contributed by atoms with Gasteiger partial charge in [0.25, 0.3) is 0 Å². The van der Waals surface area contributed by atoms with Crippen LogP contribution in [0.25, 0.3) is 0 Å². The highest BCUT2D eigenvalue weighted by Gasteiger charge is 2.34. The largest absolute Gasteiger partial charge is 0.476 e. The molecule has 5 heteroatoms. The molecule has 1 aromatic rings. The fourth-order valence-electron chi connectivity index (χ4n) is 3.65. The SMILES string of the molecule is O=C(O)c1nc(N2CCC[C@H]3CCCC[C@H]32)ccc1Cl. The molecule has 0 bridgehead atoms. The predicted octanol–water partition coefficient (Wildman–Crippen LogP) is 3.59. The van der Waals surface area contributed by atoms with Crippen molar-refractivity contribution in [3.05, 3.63) is 22.8 Å². The lowest BCUT2D eigenvalue weighted by molar-refractivity contribution is 0.0690. The number of hydrogen-bond donors (Lipinski definition) is 1. The fraction of sp³-hybridized carbons (Fsp3) is 0.600. The zero-order valence-electron chi connectivity index (χ0n) is 11.4. The molecule has 2 fully saturated rings. The summed E-state index contributed by atoms with van der Waals surface area (Å²) >= 11 is 5.91. The van der Waals surface area contributed by atoms with Crippen LogP contribution in [-0.2, 0) is 0 Å². The molecule has 3 rings (SSSR count). The Hall–Kier alpha value is -1.29. The van der Waals surface area contributed by atoms with Gasteiger partial charge in [-0.05, 0) is 43.7 Å². The zero-order valence-corrected chi connectivity index (χ0v) is 12.1. The van der Waals surface area contributed by atoms with Crippen LogP contribution in [0.15, 0.2) is 12.1 Å². The smallest absolute Gasteiger partial charge is 0.356 e. The second kappa shape index (κ2) is 5.60. The second-order valence-electron chi connectivity index (χ2n) is 5.75. The summed E-state index contributed by atoms with van der Waals surface area (Å²) in [6, 6.07) is 4.03. The highest BCUT2D eigenvalue weighted by Crippen LogP contribution is 2.37. The van der Waals surface area contributed by atoms with E-state index in [1.807, 2.05) is 6.07 Å². The molecule has 1 aliphatic carbocycles. The normalized spacial score (nSPS) is 26.1. The Morgan fingerprint density at radius 1 is 1.25 bits per heavy atom. The molecule has 0 amide bonds. The molecule has 1 saturated heterocycles. The molecule has 20 heavy (non-hydrogen) atoms. The Morgan fingerprint density at radius 3 is 2.80 bits per heavy atom. The van der Waals surface area contributed by atoms with Gasteiger partial charge in [-0.2, -0.15) is 0 Å². The van der Waals surface area contributed by atoms with E-state index in [0.717, 1.165) is 24.7 Å². The molecule has 108 valence electrons. The van der Waals surface area contributed by atoms with Crippen LogP contribution in [0.1, 0.15) is 49.0 Å². The maximum Gasteiger partial charge on any atom is 0.356 e. The number of rotatable bonds is 2. The number of carboxylic acids is 1. The van der Waals surface area contributed by atoms with Gasteiger partial charge < -0.3 is 10.0 Å². The number of carboxylic acid groups (broad SMARTS) is 1. The Kier molecular flexibility index (Phi) is 3.83. The lowest BCUT2D eigenvalue weighted by Gasteiger charge is -2.44. The van der Waals surface area contributed by atoms with E-state index in [1.165, 1.54) is 32.1 Å².